The van der Waals surface area contributed by atoms with Gasteiger partial charge in [-0.15, -0.1) is 0 Å². The molecule has 0 radical (unpaired) electrons. The molecule has 0 aliphatic rings. The van der Waals surface area contributed by atoms with E-state index in [4.69, 9.17) is 11.6 Å². The Kier molecular flexibility index (Phi) is 5.17. The van der Waals surface area contributed by atoms with Crippen molar-refractivity contribution in [1.82, 2.24) is 9.88 Å². The molecule has 0 aliphatic heterocycles. The van der Waals surface area contributed by atoms with Crippen molar-refractivity contribution in [3.8, 4) is 0 Å². The molecule has 1 aromatic heterocycles. The van der Waals surface area contributed by atoms with Crippen molar-refractivity contribution in [3.63, 3.8) is 0 Å². The molecule has 1 N–H and O–H groups in total. The summed E-state index contributed by atoms with van der Waals surface area (Å²) in [6.45, 7) is 2.56. The standard InChI is InChI=1S/C16H18ClN3O/c1-12-3-4-14(11-15(12)17)19-16(21)20(2)10-7-13-5-8-18-9-6-13/h3-6,8-9,11H,7,10H2,1-2H3,(H,19,21). The number of carbonyl (C=O) groups is 1. The van der Waals surface area contributed by atoms with E-state index in [9.17, 15) is 4.79 Å². The molecular formula is C16H18ClN3O. The van der Waals surface area contributed by atoms with Crippen LogP contribution in [-0.4, -0.2) is 29.5 Å². The first-order valence-corrected chi connectivity index (χ1v) is 7.11. The van der Waals surface area contributed by atoms with Gasteiger partial charge in [-0.2, -0.15) is 0 Å². The van der Waals surface area contributed by atoms with Gasteiger partial charge in [0.25, 0.3) is 0 Å². The van der Waals surface area contributed by atoms with Gasteiger partial charge in [0.15, 0.2) is 0 Å². The number of amides is 2. The maximum absolute atomic E-state index is 12.1. The zero-order valence-corrected chi connectivity index (χ0v) is 12.9. The number of hydrogen-bond acceptors (Lipinski definition) is 2. The van der Waals surface area contributed by atoms with E-state index in [2.05, 4.69) is 10.3 Å². The lowest BCUT2D eigenvalue weighted by Gasteiger charge is -2.18. The summed E-state index contributed by atoms with van der Waals surface area (Å²) in [5.74, 6) is 0. The van der Waals surface area contributed by atoms with Crippen LogP contribution >= 0.6 is 11.6 Å². The van der Waals surface area contributed by atoms with Gasteiger partial charge < -0.3 is 10.2 Å². The SMILES string of the molecule is Cc1ccc(NC(=O)N(C)CCc2ccncc2)cc1Cl. The zero-order valence-electron chi connectivity index (χ0n) is 12.1. The summed E-state index contributed by atoms with van der Waals surface area (Å²) in [7, 11) is 1.77. The summed E-state index contributed by atoms with van der Waals surface area (Å²) in [6.07, 6.45) is 4.30. The van der Waals surface area contributed by atoms with Crippen molar-refractivity contribution >= 4 is 23.3 Å². The number of anilines is 1. The Morgan fingerprint density at radius 3 is 2.67 bits per heavy atom. The average molecular weight is 304 g/mol. The highest BCUT2D eigenvalue weighted by Gasteiger charge is 2.09. The van der Waals surface area contributed by atoms with Crippen LogP contribution in [0.15, 0.2) is 42.7 Å². The number of aryl methyl sites for hydroxylation is 1. The number of pyridine rings is 1. The number of nitrogens with one attached hydrogen (secondary N) is 1. The second-order valence-electron chi connectivity index (χ2n) is 4.92. The highest BCUT2D eigenvalue weighted by Crippen LogP contribution is 2.20. The van der Waals surface area contributed by atoms with Crippen molar-refractivity contribution in [2.24, 2.45) is 0 Å². The molecule has 110 valence electrons. The van der Waals surface area contributed by atoms with E-state index in [1.165, 1.54) is 0 Å². The van der Waals surface area contributed by atoms with Crippen LogP contribution in [0.2, 0.25) is 5.02 Å². The molecular weight excluding hydrogens is 286 g/mol. The largest absolute Gasteiger partial charge is 0.327 e. The second-order valence-corrected chi connectivity index (χ2v) is 5.33. The monoisotopic (exact) mass is 303 g/mol. The van der Waals surface area contributed by atoms with E-state index in [1.54, 1.807) is 30.4 Å². The van der Waals surface area contributed by atoms with E-state index < -0.39 is 0 Å². The van der Waals surface area contributed by atoms with Gasteiger partial charge in [-0.1, -0.05) is 17.7 Å². The summed E-state index contributed by atoms with van der Waals surface area (Å²) in [5.41, 5.74) is 2.84. The number of benzene rings is 1. The molecule has 2 rings (SSSR count). The molecule has 0 fully saturated rings. The number of urea groups is 1. The lowest BCUT2D eigenvalue weighted by molar-refractivity contribution is 0.223. The Bertz CT molecular complexity index is 616. The number of hydrogen-bond donors (Lipinski definition) is 1. The van der Waals surface area contributed by atoms with E-state index in [1.807, 2.05) is 31.2 Å². The maximum Gasteiger partial charge on any atom is 0.321 e. The van der Waals surface area contributed by atoms with Gasteiger partial charge in [0.05, 0.1) is 0 Å². The van der Waals surface area contributed by atoms with E-state index in [0.717, 1.165) is 17.5 Å². The average Bonchev–Trinajstić information content (AvgIpc) is 2.49. The molecule has 21 heavy (non-hydrogen) atoms. The van der Waals surface area contributed by atoms with E-state index in [-0.39, 0.29) is 6.03 Å². The van der Waals surface area contributed by atoms with Crippen LogP contribution in [0.4, 0.5) is 10.5 Å². The van der Waals surface area contributed by atoms with Crippen LogP contribution in [-0.2, 0) is 6.42 Å². The smallest absolute Gasteiger partial charge is 0.321 e. The second kappa shape index (κ2) is 7.09. The minimum Gasteiger partial charge on any atom is -0.327 e. The lowest BCUT2D eigenvalue weighted by atomic mass is 10.2. The van der Waals surface area contributed by atoms with Gasteiger partial charge in [0.1, 0.15) is 0 Å². The number of rotatable bonds is 4. The van der Waals surface area contributed by atoms with Gasteiger partial charge in [0, 0.05) is 36.7 Å². The quantitative estimate of drug-likeness (QED) is 0.935. The number of aromatic nitrogens is 1. The predicted octanol–water partition coefficient (Wildman–Crippen LogP) is 3.75. The minimum absolute atomic E-state index is 0.149. The molecule has 5 heteroatoms. The van der Waals surface area contributed by atoms with Crippen LogP contribution in [0.25, 0.3) is 0 Å². The molecule has 0 unspecified atom stereocenters. The normalized spacial score (nSPS) is 10.2. The molecule has 2 aromatic rings. The highest BCUT2D eigenvalue weighted by atomic mass is 35.5. The fourth-order valence-electron chi connectivity index (χ4n) is 1.84. The Morgan fingerprint density at radius 2 is 2.00 bits per heavy atom. The summed E-state index contributed by atoms with van der Waals surface area (Å²) in [4.78, 5) is 17.7. The number of nitrogens with zero attached hydrogens (tertiary/aromatic N) is 2. The van der Waals surface area contributed by atoms with Gasteiger partial charge >= 0.3 is 6.03 Å². The number of likely N-dealkylation sites (N-methyl/N-ethyl adjacent to an activating group) is 1. The predicted molar refractivity (Wildman–Crippen MR) is 85.8 cm³/mol. The van der Waals surface area contributed by atoms with Crippen LogP contribution in [0, 0.1) is 6.92 Å². The van der Waals surface area contributed by atoms with Crippen molar-refractivity contribution in [3.05, 3.63) is 58.9 Å². The third-order valence-electron chi connectivity index (χ3n) is 3.26. The Morgan fingerprint density at radius 1 is 1.29 bits per heavy atom. The molecule has 1 heterocycles. The van der Waals surface area contributed by atoms with Gasteiger partial charge in [0.2, 0.25) is 0 Å². The van der Waals surface area contributed by atoms with Crippen LogP contribution in [0.5, 0.6) is 0 Å². The summed E-state index contributed by atoms with van der Waals surface area (Å²) < 4.78 is 0. The maximum atomic E-state index is 12.1. The molecule has 0 spiro atoms. The van der Waals surface area contributed by atoms with Gasteiger partial charge in [-0.05, 0) is 48.7 Å². The first-order chi connectivity index (χ1) is 10.1. The Hall–Kier alpha value is -2.07. The van der Waals surface area contributed by atoms with E-state index in [0.29, 0.717) is 17.3 Å². The van der Waals surface area contributed by atoms with Crippen LogP contribution in [0.3, 0.4) is 0 Å². The Labute approximate surface area is 129 Å². The van der Waals surface area contributed by atoms with Gasteiger partial charge in [-0.25, -0.2) is 4.79 Å². The fraction of sp³-hybridized carbons (Fsp3) is 0.250. The fourth-order valence-corrected chi connectivity index (χ4v) is 2.02. The first kappa shape index (κ1) is 15.3. The highest BCUT2D eigenvalue weighted by molar-refractivity contribution is 6.31. The molecule has 0 saturated carbocycles. The Balaban J connectivity index is 1.89. The topological polar surface area (TPSA) is 45.2 Å². The zero-order chi connectivity index (χ0) is 15.2. The summed E-state index contributed by atoms with van der Waals surface area (Å²) in [5, 5.41) is 3.48. The van der Waals surface area contributed by atoms with Gasteiger partial charge in [-0.3, -0.25) is 4.98 Å². The molecule has 1 aromatic carbocycles. The molecule has 0 aliphatic carbocycles. The molecule has 0 atom stereocenters. The van der Waals surface area contributed by atoms with Crippen molar-refractivity contribution < 1.29 is 4.79 Å². The molecule has 4 nitrogen and oxygen atoms in total. The molecule has 0 saturated heterocycles. The third kappa shape index (κ3) is 4.46. The third-order valence-corrected chi connectivity index (χ3v) is 3.66. The minimum atomic E-state index is -0.149. The number of halogens is 1. The summed E-state index contributed by atoms with van der Waals surface area (Å²) in [6, 6.07) is 9.23. The molecule has 0 bridgehead atoms. The lowest BCUT2D eigenvalue weighted by Crippen LogP contribution is -2.33. The van der Waals surface area contributed by atoms with E-state index >= 15 is 0 Å². The van der Waals surface area contributed by atoms with Crippen molar-refractivity contribution in [2.75, 3.05) is 18.9 Å². The number of carbonyl (C=O) groups excluding carboxylic acids is 1. The van der Waals surface area contributed by atoms with Crippen LogP contribution in [0.1, 0.15) is 11.1 Å². The van der Waals surface area contributed by atoms with Crippen molar-refractivity contribution in [1.29, 1.82) is 0 Å². The summed E-state index contributed by atoms with van der Waals surface area (Å²) >= 11 is 6.05. The van der Waals surface area contributed by atoms with Crippen molar-refractivity contribution in [2.45, 2.75) is 13.3 Å². The van der Waals surface area contributed by atoms with Crippen LogP contribution < -0.4 is 5.32 Å². The molecule has 2 amide bonds. The first-order valence-electron chi connectivity index (χ1n) is 6.73.